The van der Waals surface area contributed by atoms with Crippen LogP contribution in [0.3, 0.4) is 0 Å². The average molecular weight is 343 g/mol. The lowest BCUT2D eigenvalue weighted by Crippen LogP contribution is -2.27. The minimum Gasteiger partial charge on any atom is -0.355 e. The summed E-state index contributed by atoms with van der Waals surface area (Å²) in [5, 5.41) is 3.70. The first kappa shape index (κ1) is 16.5. The maximum absolute atomic E-state index is 12.8. The number of hydrogen-bond acceptors (Lipinski definition) is 3. The molecule has 2 aromatic carbocycles. The summed E-state index contributed by atoms with van der Waals surface area (Å²) in [7, 11) is 1.95. The van der Waals surface area contributed by atoms with E-state index in [1.54, 1.807) is 12.1 Å². The molecule has 1 aromatic heterocycles. The maximum Gasteiger partial charge on any atom is 0.230 e. The third-order valence-corrected chi connectivity index (χ3v) is 4.76. The highest BCUT2D eigenvalue weighted by Crippen LogP contribution is 2.22. The summed E-state index contributed by atoms with van der Waals surface area (Å²) in [6, 6.07) is 14.2. The highest BCUT2D eigenvalue weighted by atomic mass is 32.2. The zero-order valence-electron chi connectivity index (χ0n) is 13.3. The molecule has 24 heavy (non-hydrogen) atoms. The summed E-state index contributed by atoms with van der Waals surface area (Å²) in [5.41, 5.74) is 2.98. The first-order valence-corrected chi connectivity index (χ1v) is 8.67. The van der Waals surface area contributed by atoms with Gasteiger partial charge in [-0.1, -0.05) is 36.0 Å². The van der Waals surface area contributed by atoms with Gasteiger partial charge in [0.05, 0.1) is 16.8 Å². The SMILES string of the molecule is Cn1c(SCC(=O)NCCc2ccc(F)cc2)nc2ccccc21. The molecule has 0 aliphatic carbocycles. The molecular weight excluding hydrogens is 325 g/mol. The van der Waals surface area contributed by atoms with Crippen LogP contribution in [0.4, 0.5) is 4.39 Å². The highest BCUT2D eigenvalue weighted by Gasteiger charge is 2.10. The zero-order valence-corrected chi connectivity index (χ0v) is 14.1. The van der Waals surface area contributed by atoms with E-state index in [1.165, 1.54) is 23.9 Å². The molecule has 3 rings (SSSR count). The molecule has 1 N–H and O–H groups in total. The number of imidazole rings is 1. The molecule has 0 spiro atoms. The molecule has 0 bridgehead atoms. The van der Waals surface area contributed by atoms with Crippen molar-refractivity contribution in [2.45, 2.75) is 11.6 Å². The number of nitrogens with one attached hydrogen (secondary N) is 1. The molecule has 6 heteroatoms. The standard InChI is InChI=1S/C18H18FN3OS/c1-22-16-5-3-2-4-15(16)21-18(22)24-12-17(23)20-11-10-13-6-8-14(19)9-7-13/h2-9H,10-12H2,1H3,(H,20,23). The van der Waals surface area contributed by atoms with Gasteiger partial charge < -0.3 is 9.88 Å². The number of hydrogen-bond donors (Lipinski definition) is 1. The number of fused-ring (bicyclic) bond motifs is 1. The minimum absolute atomic E-state index is 0.0332. The molecule has 1 heterocycles. The van der Waals surface area contributed by atoms with Crippen molar-refractivity contribution in [3.05, 3.63) is 59.9 Å². The van der Waals surface area contributed by atoms with Gasteiger partial charge in [-0.3, -0.25) is 4.79 Å². The molecular formula is C18H18FN3OS. The number of para-hydroxylation sites is 2. The van der Waals surface area contributed by atoms with Gasteiger partial charge in [0, 0.05) is 13.6 Å². The number of carbonyl (C=O) groups excluding carboxylic acids is 1. The fraction of sp³-hybridized carbons (Fsp3) is 0.222. The number of thioether (sulfide) groups is 1. The van der Waals surface area contributed by atoms with Gasteiger partial charge >= 0.3 is 0 Å². The fourth-order valence-electron chi connectivity index (χ4n) is 2.43. The Bertz CT molecular complexity index is 845. The van der Waals surface area contributed by atoms with E-state index >= 15 is 0 Å². The van der Waals surface area contributed by atoms with Crippen molar-refractivity contribution in [2.24, 2.45) is 7.05 Å². The summed E-state index contributed by atoms with van der Waals surface area (Å²) in [6.45, 7) is 0.535. The number of rotatable bonds is 6. The molecule has 0 radical (unpaired) electrons. The van der Waals surface area contributed by atoms with Crippen molar-refractivity contribution in [3.8, 4) is 0 Å². The number of halogens is 1. The summed E-state index contributed by atoms with van der Waals surface area (Å²) < 4.78 is 14.8. The Morgan fingerprint density at radius 3 is 2.71 bits per heavy atom. The molecule has 1 amide bonds. The monoisotopic (exact) mass is 343 g/mol. The predicted molar refractivity (Wildman–Crippen MR) is 94.6 cm³/mol. The molecule has 4 nitrogen and oxygen atoms in total. The van der Waals surface area contributed by atoms with E-state index in [4.69, 9.17) is 0 Å². The van der Waals surface area contributed by atoms with Gasteiger partial charge in [-0.2, -0.15) is 0 Å². The Kier molecular flexibility index (Phi) is 5.15. The average Bonchev–Trinajstić information content (AvgIpc) is 2.91. The van der Waals surface area contributed by atoms with Gasteiger partial charge in [-0.05, 0) is 36.2 Å². The lowest BCUT2D eigenvalue weighted by atomic mass is 10.1. The van der Waals surface area contributed by atoms with E-state index in [9.17, 15) is 9.18 Å². The smallest absolute Gasteiger partial charge is 0.230 e. The van der Waals surface area contributed by atoms with E-state index in [-0.39, 0.29) is 11.7 Å². The number of aryl methyl sites for hydroxylation is 1. The van der Waals surface area contributed by atoms with Gasteiger partial charge in [0.15, 0.2) is 5.16 Å². The first-order valence-electron chi connectivity index (χ1n) is 7.69. The van der Waals surface area contributed by atoms with Crippen LogP contribution in [0.25, 0.3) is 11.0 Å². The van der Waals surface area contributed by atoms with Crippen LogP contribution in [0, 0.1) is 5.82 Å². The second-order valence-corrected chi connectivity index (χ2v) is 6.40. The summed E-state index contributed by atoms with van der Waals surface area (Å²) in [5.74, 6) is 0.0384. The Balaban J connectivity index is 1.48. The Labute approximate surface area is 144 Å². The molecule has 0 aliphatic heterocycles. The summed E-state index contributed by atoms with van der Waals surface area (Å²) in [4.78, 5) is 16.5. The Morgan fingerprint density at radius 1 is 1.21 bits per heavy atom. The molecule has 124 valence electrons. The first-order chi connectivity index (χ1) is 11.6. The molecule has 0 unspecified atom stereocenters. The molecule has 0 atom stereocenters. The normalized spacial score (nSPS) is 10.9. The maximum atomic E-state index is 12.8. The van der Waals surface area contributed by atoms with Crippen molar-refractivity contribution in [3.63, 3.8) is 0 Å². The van der Waals surface area contributed by atoms with Gasteiger partial charge in [0.1, 0.15) is 5.82 Å². The molecule has 3 aromatic rings. The number of amides is 1. The Hall–Kier alpha value is -2.34. The van der Waals surface area contributed by atoms with E-state index in [0.29, 0.717) is 18.7 Å². The van der Waals surface area contributed by atoms with Crippen LogP contribution in [0.5, 0.6) is 0 Å². The van der Waals surface area contributed by atoms with Gasteiger partial charge in [0.25, 0.3) is 0 Å². The molecule has 0 saturated carbocycles. The third kappa shape index (κ3) is 3.94. The zero-order chi connectivity index (χ0) is 16.9. The number of benzene rings is 2. The lowest BCUT2D eigenvalue weighted by molar-refractivity contribution is -0.118. The molecule has 0 fully saturated rings. The van der Waals surface area contributed by atoms with E-state index in [1.807, 2.05) is 35.9 Å². The van der Waals surface area contributed by atoms with Crippen LogP contribution in [0.15, 0.2) is 53.7 Å². The summed E-state index contributed by atoms with van der Waals surface area (Å²) in [6.07, 6.45) is 0.684. The van der Waals surface area contributed by atoms with E-state index in [0.717, 1.165) is 21.8 Å². The van der Waals surface area contributed by atoms with Crippen LogP contribution in [-0.4, -0.2) is 27.8 Å². The lowest BCUT2D eigenvalue weighted by Gasteiger charge is -2.05. The van der Waals surface area contributed by atoms with E-state index in [2.05, 4.69) is 10.3 Å². The molecule has 0 aliphatic rings. The van der Waals surface area contributed by atoms with Crippen molar-refractivity contribution in [1.82, 2.24) is 14.9 Å². The van der Waals surface area contributed by atoms with Crippen LogP contribution in [-0.2, 0) is 18.3 Å². The summed E-state index contributed by atoms with van der Waals surface area (Å²) >= 11 is 1.42. The molecule has 0 saturated heterocycles. The minimum atomic E-state index is -0.248. The van der Waals surface area contributed by atoms with Crippen molar-refractivity contribution < 1.29 is 9.18 Å². The second-order valence-electron chi connectivity index (χ2n) is 5.46. The predicted octanol–water partition coefficient (Wildman–Crippen LogP) is 3.16. The Morgan fingerprint density at radius 2 is 1.96 bits per heavy atom. The second kappa shape index (κ2) is 7.49. The highest BCUT2D eigenvalue weighted by molar-refractivity contribution is 7.99. The van der Waals surface area contributed by atoms with Gasteiger partial charge in [-0.15, -0.1) is 0 Å². The van der Waals surface area contributed by atoms with Crippen molar-refractivity contribution >= 4 is 28.7 Å². The van der Waals surface area contributed by atoms with Crippen LogP contribution >= 0.6 is 11.8 Å². The number of nitrogens with zero attached hydrogens (tertiary/aromatic N) is 2. The van der Waals surface area contributed by atoms with Crippen molar-refractivity contribution in [1.29, 1.82) is 0 Å². The van der Waals surface area contributed by atoms with Crippen LogP contribution in [0.2, 0.25) is 0 Å². The topological polar surface area (TPSA) is 46.9 Å². The number of aromatic nitrogens is 2. The van der Waals surface area contributed by atoms with Crippen LogP contribution < -0.4 is 5.32 Å². The number of carbonyl (C=O) groups is 1. The van der Waals surface area contributed by atoms with Gasteiger partial charge in [0.2, 0.25) is 5.91 Å². The largest absolute Gasteiger partial charge is 0.355 e. The van der Waals surface area contributed by atoms with Crippen molar-refractivity contribution in [2.75, 3.05) is 12.3 Å². The fourth-order valence-corrected chi connectivity index (χ4v) is 3.25. The van der Waals surface area contributed by atoms with Crippen LogP contribution in [0.1, 0.15) is 5.56 Å². The van der Waals surface area contributed by atoms with Gasteiger partial charge in [-0.25, -0.2) is 9.37 Å². The quantitative estimate of drug-likeness (QED) is 0.700. The van der Waals surface area contributed by atoms with E-state index < -0.39 is 0 Å². The third-order valence-electron chi connectivity index (χ3n) is 3.73.